The van der Waals surface area contributed by atoms with Crippen LogP contribution < -0.4 is 5.32 Å². The first-order valence-corrected chi connectivity index (χ1v) is 6.61. The molecule has 0 bridgehead atoms. The van der Waals surface area contributed by atoms with E-state index in [0.29, 0.717) is 18.9 Å². The molecule has 2 aliphatic rings. The molecule has 2 heterocycles. The zero-order valence-corrected chi connectivity index (χ0v) is 9.35. The summed E-state index contributed by atoms with van der Waals surface area (Å²) in [4.78, 5) is 0. The van der Waals surface area contributed by atoms with Crippen LogP contribution in [0.2, 0.25) is 0 Å². The Balaban J connectivity index is 1.60. The van der Waals surface area contributed by atoms with Crippen molar-refractivity contribution in [1.29, 1.82) is 0 Å². The second-order valence-corrected chi connectivity index (χ2v) is 5.08. The Labute approximate surface area is 89.9 Å². The van der Waals surface area contributed by atoms with E-state index >= 15 is 0 Å². The lowest BCUT2D eigenvalue weighted by atomic mass is 10.1. The van der Waals surface area contributed by atoms with E-state index in [1.165, 1.54) is 24.3 Å². The molecule has 0 radical (unpaired) electrons. The summed E-state index contributed by atoms with van der Waals surface area (Å²) in [5, 5.41) is 3.59. The normalized spacial score (nSPS) is 34.3. The first-order chi connectivity index (χ1) is 6.95. The van der Waals surface area contributed by atoms with Gasteiger partial charge in [-0.3, -0.25) is 0 Å². The summed E-state index contributed by atoms with van der Waals surface area (Å²) in [6.07, 6.45) is 4.09. The third kappa shape index (κ3) is 3.42. The van der Waals surface area contributed by atoms with Crippen molar-refractivity contribution in [2.24, 2.45) is 0 Å². The highest BCUT2D eigenvalue weighted by Crippen LogP contribution is 2.17. The minimum Gasteiger partial charge on any atom is -0.355 e. The fourth-order valence-electron chi connectivity index (χ4n) is 1.86. The van der Waals surface area contributed by atoms with Crippen molar-refractivity contribution >= 4 is 11.8 Å². The summed E-state index contributed by atoms with van der Waals surface area (Å²) in [5.41, 5.74) is 0. The Morgan fingerprint density at radius 3 is 3.07 bits per heavy atom. The minimum atomic E-state index is 0.371. The molecule has 0 aromatic rings. The third-order valence-electron chi connectivity index (χ3n) is 2.77. The van der Waals surface area contributed by atoms with Gasteiger partial charge in [-0.15, -0.1) is 0 Å². The maximum absolute atomic E-state index is 5.48. The standard InChI is InChI=1S/C10H19NO2S/c1-2-9(7-14-5-1)11-6-10-3-4-12-8-13-10/h9-11H,1-8H2. The van der Waals surface area contributed by atoms with Crippen LogP contribution in [0.3, 0.4) is 0 Å². The highest BCUT2D eigenvalue weighted by Gasteiger charge is 2.17. The zero-order chi connectivity index (χ0) is 9.64. The SMILES string of the molecule is C1CSCC(NCC2CCOCO2)C1. The van der Waals surface area contributed by atoms with Gasteiger partial charge in [0.1, 0.15) is 6.79 Å². The van der Waals surface area contributed by atoms with Gasteiger partial charge in [-0.2, -0.15) is 11.8 Å². The van der Waals surface area contributed by atoms with Crippen molar-refractivity contribution in [1.82, 2.24) is 5.32 Å². The van der Waals surface area contributed by atoms with Crippen LogP contribution in [-0.2, 0) is 9.47 Å². The van der Waals surface area contributed by atoms with E-state index in [-0.39, 0.29) is 0 Å². The first-order valence-electron chi connectivity index (χ1n) is 5.45. The van der Waals surface area contributed by atoms with Crippen molar-refractivity contribution in [2.75, 3.05) is 31.5 Å². The molecule has 2 aliphatic heterocycles. The van der Waals surface area contributed by atoms with Crippen LogP contribution in [0.1, 0.15) is 19.3 Å². The number of hydrogen-bond donors (Lipinski definition) is 1. The van der Waals surface area contributed by atoms with E-state index in [1.54, 1.807) is 0 Å². The van der Waals surface area contributed by atoms with E-state index in [4.69, 9.17) is 9.47 Å². The summed E-state index contributed by atoms with van der Waals surface area (Å²) in [6.45, 7) is 2.33. The molecule has 2 fully saturated rings. The van der Waals surface area contributed by atoms with E-state index < -0.39 is 0 Å². The molecule has 4 heteroatoms. The molecule has 0 amide bonds. The average Bonchev–Trinajstić information content (AvgIpc) is 2.29. The Kier molecular flexibility index (Phi) is 4.57. The molecule has 0 saturated carbocycles. The molecular weight excluding hydrogens is 198 g/mol. The molecule has 0 aromatic carbocycles. The first kappa shape index (κ1) is 10.7. The largest absolute Gasteiger partial charge is 0.355 e. The van der Waals surface area contributed by atoms with Crippen LogP contribution >= 0.6 is 11.8 Å². The second-order valence-electron chi connectivity index (χ2n) is 3.93. The lowest BCUT2D eigenvalue weighted by Gasteiger charge is -2.27. The number of hydrogen-bond acceptors (Lipinski definition) is 4. The smallest absolute Gasteiger partial charge is 0.147 e. The van der Waals surface area contributed by atoms with Gasteiger partial charge < -0.3 is 14.8 Å². The topological polar surface area (TPSA) is 30.5 Å². The Morgan fingerprint density at radius 1 is 1.36 bits per heavy atom. The summed E-state index contributed by atoms with van der Waals surface area (Å²) < 4.78 is 10.6. The molecule has 0 aliphatic carbocycles. The van der Waals surface area contributed by atoms with Crippen LogP contribution in [0, 0.1) is 0 Å². The molecule has 82 valence electrons. The molecule has 2 atom stereocenters. The van der Waals surface area contributed by atoms with Crippen molar-refractivity contribution < 1.29 is 9.47 Å². The van der Waals surface area contributed by atoms with Gasteiger partial charge in [0.2, 0.25) is 0 Å². The quantitative estimate of drug-likeness (QED) is 0.770. The van der Waals surface area contributed by atoms with Gasteiger partial charge in [0.15, 0.2) is 0 Å². The predicted molar refractivity (Wildman–Crippen MR) is 58.7 cm³/mol. The Hall–Kier alpha value is 0.230. The molecule has 14 heavy (non-hydrogen) atoms. The lowest BCUT2D eigenvalue weighted by Crippen LogP contribution is -2.41. The number of ether oxygens (including phenoxy) is 2. The van der Waals surface area contributed by atoms with Gasteiger partial charge in [0.05, 0.1) is 12.7 Å². The monoisotopic (exact) mass is 217 g/mol. The number of rotatable bonds is 3. The summed E-state index contributed by atoms with van der Waals surface area (Å²) in [7, 11) is 0. The minimum absolute atomic E-state index is 0.371. The number of thioether (sulfide) groups is 1. The highest BCUT2D eigenvalue weighted by atomic mass is 32.2. The predicted octanol–water partition coefficient (Wildman–Crippen LogP) is 1.23. The van der Waals surface area contributed by atoms with Gasteiger partial charge in [-0.1, -0.05) is 0 Å². The second kappa shape index (κ2) is 5.95. The summed E-state index contributed by atoms with van der Waals surface area (Å²) in [5.74, 6) is 2.61. The van der Waals surface area contributed by atoms with E-state index in [1.807, 2.05) is 0 Å². The van der Waals surface area contributed by atoms with E-state index in [9.17, 15) is 0 Å². The Bertz CT molecular complexity index is 138. The summed E-state index contributed by atoms with van der Waals surface area (Å²) >= 11 is 2.06. The lowest BCUT2D eigenvalue weighted by molar-refractivity contribution is -0.137. The highest BCUT2D eigenvalue weighted by molar-refractivity contribution is 7.99. The molecule has 2 saturated heterocycles. The van der Waals surface area contributed by atoms with Gasteiger partial charge >= 0.3 is 0 Å². The molecule has 2 unspecified atom stereocenters. The Morgan fingerprint density at radius 2 is 2.36 bits per heavy atom. The van der Waals surface area contributed by atoms with Crippen LogP contribution in [-0.4, -0.2) is 43.6 Å². The van der Waals surface area contributed by atoms with E-state index in [0.717, 1.165) is 19.6 Å². The maximum Gasteiger partial charge on any atom is 0.147 e. The van der Waals surface area contributed by atoms with Gasteiger partial charge in [0.25, 0.3) is 0 Å². The van der Waals surface area contributed by atoms with Crippen LogP contribution in [0.4, 0.5) is 0 Å². The molecule has 3 nitrogen and oxygen atoms in total. The van der Waals surface area contributed by atoms with Crippen molar-refractivity contribution in [2.45, 2.75) is 31.4 Å². The van der Waals surface area contributed by atoms with Gasteiger partial charge in [0, 0.05) is 18.3 Å². The van der Waals surface area contributed by atoms with Crippen molar-refractivity contribution in [3.63, 3.8) is 0 Å². The fourth-order valence-corrected chi connectivity index (χ4v) is 2.97. The van der Waals surface area contributed by atoms with Gasteiger partial charge in [-0.25, -0.2) is 0 Å². The average molecular weight is 217 g/mol. The molecular formula is C10H19NO2S. The van der Waals surface area contributed by atoms with Crippen molar-refractivity contribution in [3.05, 3.63) is 0 Å². The van der Waals surface area contributed by atoms with Gasteiger partial charge in [-0.05, 0) is 25.0 Å². The fraction of sp³-hybridized carbons (Fsp3) is 1.00. The van der Waals surface area contributed by atoms with Crippen molar-refractivity contribution in [3.8, 4) is 0 Å². The van der Waals surface area contributed by atoms with Crippen LogP contribution in [0.15, 0.2) is 0 Å². The maximum atomic E-state index is 5.48. The molecule has 1 N–H and O–H groups in total. The van der Waals surface area contributed by atoms with Crippen LogP contribution in [0.5, 0.6) is 0 Å². The van der Waals surface area contributed by atoms with E-state index in [2.05, 4.69) is 17.1 Å². The van der Waals surface area contributed by atoms with Crippen LogP contribution in [0.25, 0.3) is 0 Å². The molecule has 2 rings (SSSR count). The zero-order valence-electron chi connectivity index (χ0n) is 8.54. The summed E-state index contributed by atoms with van der Waals surface area (Å²) in [6, 6.07) is 0.709. The number of nitrogens with one attached hydrogen (secondary N) is 1. The molecule has 0 spiro atoms. The molecule has 0 aromatic heterocycles. The third-order valence-corrected chi connectivity index (χ3v) is 3.98.